The van der Waals surface area contributed by atoms with Crippen LogP contribution in [0, 0.1) is 0 Å². The summed E-state index contributed by atoms with van der Waals surface area (Å²) in [7, 11) is 0. The first-order chi connectivity index (χ1) is 8.08. The maximum absolute atomic E-state index is 6.07. The molecular formula is C10H8Cl2N4S. The highest BCUT2D eigenvalue weighted by atomic mass is 35.5. The monoisotopic (exact) mass is 286 g/mol. The van der Waals surface area contributed by atoms with Crippen LogP contribution in [0.2, 0.25) is 10.2 Å². The second kappa shape index (κ2) is 5.00. The highest BCUT2D eigenvalue weighted by Gasteiger charge is 2.10. The molecule has 1 heterocycles. The van der Waals surface area contributed by atoms with E-state index in [1.165, 1.54) is 18.0 Å². The molecule has 88 valence electrons. The van der Waals surface area contributed by atoms with Crippen LogP contribution in [0.15, 0.2) is 34.3 Å². The molecule has 0 aliphatic carbocycles. The van der Waals surface area contributed by atoms with Crippen molar-refractivity contribution in [2.45, 2.75) is 9.92 Å². The van der Waals surface area contributed by atoms with E-state index in [0.29, 0.717) is 15.7 Å². The molecule has 0 aliphatic rings. The van der Waals surface area contributed by atoms with Gasteiger partial charge in [0.2, 0.25) is 0 Å². The molecule has 1 aromatic heterocycles. The van der Waals surface area contributed by atoms with Gasteiger partial charge in [-0.05, 0) is 12.1 Å². The minimum Gasteiger partial charge on any atom is -0.397 e. The van der Waals surface area contributed by atoms with Crippen LogP contribution in [0.3, 0.4) is 0 Å². The largest absolute Gasteiger partial charge is 0.397 e. The fraction of sp³-hybridized carbons (Fsp3) is 0. The van der Waals surface area contributed by atoms with Crippen LogP contribution < -0.4 is 11.5 Å². The van der Waals surface area contributed by atoms with Crippen molar-refractivity contribution in [1.82, 2.24) is 9.97 Å². The van der Waals surface area contributed by atoms with Crippen molar-refractivity contribution in [2.75, 3.05) is 11.5 Å². The topological polar surface area (TPSA) is 77.8 Å². The van der Waals surface area contributed by atoms with Crippen LogP contribution >= 0.6 is 35.0 Å². The Labute approximate surface area is 112 Å². The highest BCUT2D eigenvalue weighted by molar-refractivity contribution is 7.99. The second-order valence-corrected chi connectivity index (χ2v) is 4.94. The van der Waals surface area contributed by atoms with Gasteiger partial charge in [-0.3, -0.25) is 0 Å². The first kappa shape index (κ1) is 12.3. The minimum absolute atomic E-state index is 0.255. The number of anilines is 2. The van der Waals surface area contributed by atoms with Gasteiger partial charge in [0.25, 0.3) is 0 Å². The lowest BCUT2D eigenvalue weighted by Gasteiger charge is -2.06. The van der Waals surface area contributed by atoms with Crippen LogP contribution in [-0.4, -0.2) is 9.97 Å². The Kier molecular flexibility index (Phi) is 3.61. The lowest BCUT2D eigenvalue weighted by Crippen LogP contribution is -1.96. The van der Waals surface area contributed by atoms with Crippen molar-refractivity contribution in [3.05, 3.63) is 34.6 Å². The van der Waals surface area contributed by atoms with Crippen molar-refractivity contribution >= 4 is 46.5 Å². The molecule has 0 fully saturated rings. The molecular weight excluding hydrogens is 279 g/mol. The van der Waals surface area contributed by atoms with Gasteiger partial charge in [0, 0.05) is 4.90 Å². The van der Waals surface area contributed by atoms with E-state index in [-0.39, 0.29) is 11.0 Å². The molecule has 0 spiro atoms. The van der Waals surface area contributed by atoms with Gasteiger partial charge < -0.3 is 11.5 Å². The Balaban J connectivity index is 2.35. The van der Waals surface area contributed by atoms with Crippen LogP contribution in [0.4, 0.5) is 11.5 Å². The van der Waals surface area contributed by atoms with Gasteiger partial charge in [-0.2, -0.15) is 0 Å². The van der Waals surface area contributed by atoms with E-state index in [0.717, 1.165) is 4.90 Å². The zero-order valence-corrected chi connectivity index (χ0v) is 10.9. The number of hydrogen-bond donors (Lipinski definition) is 2. The zero-order chi connectivity index (χ0) is 12.4. The summed E-state index contributed by atoms with van der Waals surface area (Å²) in [6, 6.07) is 5.37. The molecule has 0 radical (unpaired) electrons. The first-order valence-corrected chi connectivity index (χ1v) is 6.15. The number of nitrogens with two attached hydrogens (primary N) is 2. The quantitative estimate of drug-likeness (QED) is 0.830. The van der Waals surface area contributed by atoms with E-state index in [1.807, 2.05) is 12.1 Å². The highest BCUT2D eigenvalue weighted by Crippen LogP contribution is 2.37. The van der Waals surface area contributed by atoms with E-state index in [1.54, 1.807) is 6.07 Å². The fourth-order valence-corrected chi connectivity index (χ4v) is 2.36. The van der Waals surface area contributed by atoms with Gasteiger partial charge in [0.1, 0.15) is 10.2 Å². The van der Waals surface area contributed by atoms with E-state index >= 15 is 0 Å². The Morgan fingerprint density at radius 1 is 1.18 bits per heavy atom. The van der Waals surface area contributed by atoms with E-state index < -0.39 is 0 Å². The van der Waals surface area contributed by atoms with Crippen molar-refractivity contribution in [1.29, 1.82) is 0 Å². The molecule has 4 nitrogen and oxygen atoms in total. The number of hydrogen-bond acceptors (Lipinski definition) is 5. The molecule has 0 unspecified atom stereocenters. The number of nitrogens with zero attached hydrogens (tertiary/aromatic N) is 2. The number of benzene rings is 1. The number of rotatable bonds is 2. The lowest BCUT2D eigenvalue weighted by atomic mass is 10.3. The van der Waals surface area contributed by atoms with Gasteiger partial charge in [-0.1, -0.05) is 41.0 Å². The zero-order valence-electron chi connectivity index (χ0n) is 8.52. The smallest absolute Gasteiger partial charge is 0.158 e. The summed E-state index contributed by atoms with van der Waals surface area (Å²) >= 11 is 13.0. The molecule has 0 amide bonds. The first-order valence-electron chi connectivity index (χ1n) is 4.58. The van der Waals surface area contributed by atoms with Gasteiger partial charge in [-0.25, -0.2) is 9.97 Å². The van der Waals surface area contributed by atoms with E-state index in [2.05, 4.69) is 9.97 Å². The van der Waals surface area contributed by atoms with Gasteiger partial charge >= 0.3 is 0 Å². The van der Waals surface area contributed by atoms with Crippen LogP contribution in [-0.2, 0) is 0 Å². The molecule has 2 aromatic rings. The van der Waals surface area contributed by atoms with Gasteiger partial charge in [-0.15, -0.1) is 0 Å². The van der Waals surface area contributed by atoms with Crippen LogP contribution in [0.25, 0.3) is 0 Å². The SMILES string of the molecule is Nc1cccc(Sc2ncc(Cl)nc2N)c1Cl. The molecule has 0 bridgehead atoms. The van der Waals surface area contributed by atoms with Crippen LogP contribution in [0.1, 0.15) is 0 Å². The predicted octanol–water partition coefficient (Wildman–Crippen LogP) is 3.10. The molecule has 4 N–H and O–H groups in total. The summed E-state index contributed by atoms with van der Waals surface area (Å²) in [6.07, 6.45) is 1.43. The van der Waals surface area contributed by atoms with E-state index in [9.17, 15) is 0 Å². The summed E-state index contributed by atoms with van der Waals surface area (Å²) in [5.74, 6) is 0.265. The van der Waals surface area contributed by atoms with Crippen molar-refractivity contribution in [3.8, 4) is 0 Å². The summed E-state index contributed by atoms with van der Waals surface area (Å²) < 4.78 is 0. The molecule has 1 aromatic carbocycles. The Morgan fingerprint density at radius 3 is 2.65 bits per heavy atom. The maximum Gasteiger partial charge on any atom is 0.158 e. The fourth-order valence-electron chi connectivity index (χ4n) is 1.16. The third-order valence-electron chi connectivity index (χ3n) is 1.93. The Morgan fingerprint density at radius 2 is 1.94 bits per heavy atom. The maximum atomic E-state index is 6.07. The van der Waals surface area contributed by atoms with Crippen molar-refractivity contribution < 1.29 is 0 Å². The Hall–Kier alpha value is -1.17. The molecule has 0 atom stereocenters. The van der Waals surface area contributed by atoms with E-state index in [4.69, 9.17) is 34.7 Å². The summed E-state index contributed by atoms with van der Waals surface area (Å²) in [4.78, 5) is 8.77. The number of aromatic nitrogens is 2. The molecule has 0 saturated carbocycles. The summed E-state index contributed by atoms with van der Waals surface area (Å²) in [6.45, 7) is 0. The molecule has 0 aliphatic heterocycles. The minimum atomic E-state index is 0.255. The molecule has 0 saturated heterocycles. The third-order valence-corrected chi connectivity index (χ3v) is 3.72. The number of nitrogen functional groups attached to an aromatic ring is 2. The standard InChI is InChI=1S/C10H8Cl2N4S/c11-7-4-15-10(9(14)16-7)17-6-3-1-2-5(13)8(6)12/h1-4H,13H2,(H2,14,16). The average molecular weight is 287 g/mol. The predicted molar refractivity (Wildman–Crippen MR) is 71.4 cm³/mol. The normalized spacial score (nSPS) is 10.5. The van der Waals surface area contributed by atoms with Gasteiger partial charge in [0.05, 0.1) is 16.9 Å². The lowest BCUT2D eigenvalue weighted by molar-refractivity contribution is 1.07. The summed E-state index contributed by atoms with van der Waals surface area (Å²) in [5, 5.41) is 1.28. The van der Waals surface area contributed by atoms with Crippen molar-refractivity contribution in [2.24, 2.45) is 0 Å². The van der Waals surface area contributed by atoms with Crippen LogP contribution in [0.5, 0.6) is 0 Å². The molecule has 17 heavy (non-hydrogen) atoms. The number of halogens is 2. The van der Waals surface area contributed by atoms with Crippen molar-refractivity contribution in [3.63, 3.8) is 0 Å². The third kappa shape index (κ3) is 2.74. The average Bonchev–Trinajstić information content (AvgIpc) is 2.28. The van der Waals surface area contributed by atoms with Gasteiger partial charge in [0.15, 0.2) is 5.82 Å². The molecule has 7 heteroatoms. The molecule has 2 rings (SSSR count). The Bertz CT molecular complexity index is 562. The second-order valence-electron chi connectivity index (χ2n) is 3.14. The summed E-state index contributed by atoms with van der Waals surface area (Å²) in [5.41, 5.74) is 11.9.